The SMILES string of the molecule is CC(C)Oc1ccc(C(=O)N(C)N(Cc2cccc(OCc3ccccc3)c2)C(N)=O)cc1Cl. The number of hydrogen-bond acceptors (Lipinski definition) is 4. The fraction of sp³-hybridized carbons (Fsp3) is 0.231. The van der Waals surface area contributed by atoms with E-state index in [4.69, 9.17) is 26.8 Å². The van der Waals surface area contributed by atoms with E-state index in [0.29, 0.717) is 28.7 Å². The van der Waals surface area contributed by atoms with Crippen LogP contribution in [0.3, 0.4) is 0 Å². The van der Waals surface area contributed by atoms with Crippen LogP contribution in [-0.4, -0.2) is 35.1 Å². The highest BCUT2D eigenvalue weighted by Crippen LogP contribution is 2.27. The van der Waals surface area contributed by atoms with Gasteiger partial charge in [-0.1, -0.05) is 54.1 Å². The summed E-state index contributed by atoms with van der Waals surface area (Å²) in [5.41, 5.74) is 7.69. The van der Waals surface area contributed by atoms with Crippen molar-refractivity contribution in [3.63, 3.8) is 0 Å². The lowest BCUT2D eigenvalue weighted by atomic mass is 10.2. The highest BCUT2D eigenvalue weighted by molar-refractivity contribution is 6.32. The maximum Gasteiger partial charge on any atom is 0.334 e. The van der Waals surface area contributed by atoms with Crippen molar-refractivity contribution >= 4 is 23.5 Å². The normalized spacial score (nSPS) is 10.6. The van der Waals surface area contributed by atoms with Gasteiger partial charge in [0.2, 0.25) is 0 Å². The molecule has 0 radical (unpaired) electrons. The number of nitrogens with two attached hydrogens (primary N) is 1. The molecule has 3 aromatic carbocycles. The van der Waals surface area contributed by atoms with Gasteiger partial charge in [-0.25, -0.2) is 14.8 Å². The van der Waals surface area contributed by atoms with Crippen molar-refractivity contribution < 1.29 is 19.1 Å². The maximum absolute atomic E-state index is 13.0. The molecular weight excluding hydrogens is 454 g/mol. The standard InChI is InChI=1S/C26H28ClN3O4/c1-18(2)34-24-13-12-21(15-23(24)27)25(31)29(3)30(26(28)32)16-20-10-7-11-22(14-20)33-17-19-8-5-4-6-9-19/h4-15,18H,16-17H2,1-3H3,(H2,28,32). The van der Waals surface area contributed by atoms with Crippen molar-refractivity contribution in [3.05, 3.63) is 94.5 Å². The van der Waals surface area contributed by atoms with Gasteiger partial charge < -0.3 is 15.2 Å². The molecule has 0 unspecified atom stereocenters. The fourth-order valence-electron chi connectivity index (χ4n) is 3.26. The molecule has 8 heteroatoms. The Morgan fingerprint density at radius 3 is 2.32 bits per heavy atom. The first-order valence-electron chi connectivity index (χ1n) is 10.8. The molecule has 7 nitrogen and oxygen atoms in total. The molecule has 0 aromatic heterocycles. The van der Waals surface area contributed by atoms with Crippen LogP contribution in [0.5, 0.6) is 11.5 Å². The zero-order chi connectivity index (χ0) is 24.7. The summed E-state index contributed by atoms with van der Waals surface area (Å²) < 4.78 is 11.5. The number of carbonyl (C=O) groups excluding carboxylic acids is 2. The van der Waals surface area contributed by atoms with Crippen molar-refractivity contribution in [2.45, 2.75) is 33.1 Å². The number of hydrazine groups is 1. The Morgan fingerprint density at radius 1 is 0.971 bits per heavy atom. The number of amides is 3. The second kappa shape index (κ2) is 11.4. The Morgan fingerprint density at radius 2 is 1.68 bits per heavy atom. The summed E-state index contributed by atoms with van der Waals surface area (Å²) in [6, 6.07) is 21.1. The van der Waals surface area contributed by atoms with Gasteiger partial charge in [-0.3, -0.25) is 4.79 Å². The molecule has 3 amide bonds. The highest BCUT2D eigenvalue weighted by Gasteiger charge is 2.23. The molecule has 3 aromatic rings. The van der Waals surface area contributed by atoms with Crippen LogP contribution >= 0.6 is 11.6 Å². The zero-order valence-corrected chi connectivity index (χ0v) is 20.2. The Bertz CT molecular complexity index is 1140. The van der Waals surface area contributed by atoms with Crippen LogP contribution in [0.15, 0.2) is 72.8 Å². The molecular formula is C26H28ClN3O4. The predicted molar refractivity (Wildman–Crippen MR) is 132 cm³/mol. The number of halogens is 1. The van der Waals surface area contributed by atoms with Crippen molar-refractivity contribution in [1.82, 2.24) is 10.0 Å². The topological polar surface area (TPSA) is 85.1 Å². The first-order chi connectivity index (χ1) is 16.2. The second-order valence-electron chi connectivity index (χ2n) is 7.96. The van der Waals surface area contributed by atoms with E-state index in [0.717, 1.165) is 16.1 Å². The van der Waals surface area contributed by atoms with Gasteiger partial charge in [-0.15, -0.1) is 0 Å². The minimum atomic E-state index is -0.766. The van der Waals surface area contributed by atoms with Crippen LogP contribution < -0.4 is 15.2 Å². The number of rotatable bonds is 8. The van der Waals surface area contributed by atoms with E-state index >= 15 is 0 Å². The summed E-state index contributed by atoms with van der Waals surface area (Å²) in [5.74, 6) is 0.690. The second-order valence-corrected chi connectivity index (χ2v) is 8.37. The summed E-state index contributed by atoms with van der Waals surface area (Å²) >= 11 is 6.27. The third-order valence-corrected chi connectivity index (χ3v) is 5.23. The molecule has 0 spiro atoms. The zero-order valence-electron chi connectivity index (χ0n) is 19.4. The first kappa shape index (κ1) is 24.9. The highest BCUT2D eigenvalue weighted by atomic mass is 35.5. The molecule has 0 atom stereocenters. The average molecular weight is 482 g/mol. The maximum atomic E-state index is 13.0. The lowest BCUT2D eigenvalue weighted by Gasteiger charge is -2.30. The van der Waals surface area contributed by atoms with Gasteiger partial charge in [-0.2, -0.15) is 0 Å². The van der Waals surface area contributed by atoms with E-state index in [1.807, 2.05) is 68.4 Å². The third-order valence-electron chi connectivity index (χ3n) is 4.93. The molecule has 0 heterocycles. The van der Waals surface area contributed by atoms with Gasteiger partial charge in [0.1, 0.15) is 18.1 Å². The molecule has 34 heavy (non-hydrogen) atoms. The van der Waals surface area contributed by atoms with E-state index in [1.165, 1.54) is 18.1 Å². The van der Waals surface area contributed by atoms with Gasteiger partial charge in [0.05, 0.1) is 17.7 Å². The number of hydrogen-bond donors (Lipinski definition) is 1. The summed E-state index contributed by atoms with van der Waals surface area (Å²) in [4.78, 5) is 25.2. The summed E-state index contributed by atoms with van der Waals surface area (Å²) in [6.45, 7) is 4.27. The Labute approximate surface area is 204 Å². The van der Waals surface area contributed by atoms with E-state index in [1.54, 1.807) is 12.1 Å². The van der Waals surface area contributed by atoms with Crippen molar-refractivity contribution in [3.8, 4) is 11.5 Å². The lowest BCUT2D eigenvalue weighted by Crippen LogP contribution is -2.49. The Balaban J connectivity index is 1.71. The smallest absolute Gasteiger partial charge is 0.334 e. The predicted octanol–water partition coefficient (Wildman–Crippen LogP) is 5.27. The van der Waals surface area contributed by atoms with Crippen LogP contribution in [0.4, 0.5) is 4.79 Å². The Hall–Kier alpha value is -3.71. The monoisotopic (exact) mass is 481 g/mol. The van der Waals surface area contributed by atoms with Crippen LogP contribution in [0, 0.1) is 0 Å². The van der Waals surface area contributed by atoms with Gasteiger partial charge >= 0.3 is 6.03 Å². The molecule has 0 aliphatic heterocycles. The lowest BCUT2D eigenvalue weighted by molar-refractivity contribution is 0.0257. The van der Waals surface area contributed by atoms with Crippen LogP contribution in [0.1, 0.15) is 35.3 Å². The molecule has 0 aliphatic rings. The largest absolute Gasteiger partial charge is 0.489 e. The quantitative estimate of drug-likeness (QED) is 0.444. The number of nitrogens with zero attached hydrogens (tertiary/aromatic N) is 2. The van der Waals surface area contributed by atoms with Crippen molar-refractivity contribution in [1.29, 1.82) is 0 Å². The molecule has 3 rings (SSSR count). The number of carbonyl (C=O) groups is 2. The van der Waals surface area contributed by atoms with Gasteiger partial charge in [0, 0.05) is 12.6 Å². The molecule has 0 fully saturated rings. The van der Waals surface area contributed by atoms with E-state index < -0.39 is 11.9 Å². The molecule has 0 aliphatic carbocycles. The van der Waals surface area contributed by atoms with Crippen LogP contribution in [-0.2, 0) is 13.2 Å². The van der Waals surface area contributed by atoms with Crippen LogP contribution in [0.25, 0.3) is 0 Å². The fourth-order valence-corrected chi connectivity index (χ4v) is 3.48. The van der Waals surface area contributed by atoms with Crippen molar-refractivity contribution in [2.75, 3.05) is 7.05 Å². The molecule has 0 bridgehead atoms. The molecule has 2 N–H and O–H groups in total. The molecule has 178 valence electrons. The van der Waals surface area contributed by atoms with Crippen molar-refractivity contribution in [2.24, 2.45) is 5.73 Å². The minimum absolute atomic E-state index is 0.0560. The molecule has 0 saturated heterocycles. The van der Waals surface area contributed by atoms with E-state index in [9.17, 15) is 9.59 Å². The van der Waals surface area contributed by atoms with Crippen LogP contribution in [0.2, 0.25) is 5.02 Å². The number of ether oxygens (including phenoxy) is 2. The number of urea groups is 1. The molecule has 0 saturated carbocycles. The third kappa shape index (κ3) is 6.65. The van der Waals surface area contributed by atoms with Gasteiger partial charge in [0.25, 0.3) is 5.91 Å². The summed E-state index contributed by atoms with van der Waals surface area (Å²) in [5, 5.41) is 2.64. The number of primary amides is 1. The van der Waals surface area contributed by atoms with Gasteiger partial charge in [0.15, 0.2) is 0 Å². The summed E-state index contributed by atoms with van der Waals surface area (Å²) in [7, 11) is 1.48. The Kier molecular flexibility index (Phi) is 8.38. The minimum Gasteiger partial charge on any atom is -0.489 e. The average Bonchev–Trinajstić information content (AvgIpc) is 2.82. The van der Waals surface area contributed by atoms with Gasteiger partial charge in [-0.05, 0) is 55.3 Å². The van der Waals surface area contributed by atoms with E-state index in [2.05, 4.69) is 0 Å². The van der Waals surface area contributed by atoms with E-state index in [-0.39, 0.29) is 12.6 Å². The number of benzene rings is 3. The summed E-state index contributed by atoms with van der Waals surface area (Å²) in [6.07, 6.45) is -0.0560. The first-order valence-corrected chi connectivity index (χ1v) is 11.2.